The number of urea groups is 1. The van der Waals surface area contributed by atoms with Gasteiger partial charge < -0.3 is 10.6 Å². The highest BCUT2D eigenvalue weighted by Gasteiger charge is 2.17. The van der Waals surface area contributed by atoms with Crippen LogP contribution in [-0.2, 0) is 0 Å². The summed E-state index contributed by atoms with van der Waals surface area (Å²) in [5.74, 6) is 0.736. The van der Waals surface area contributed by atoms with Crippen LogP contribution >= 0.6 is 11.8 Å². The van der Waals surface area contributed by atoms with Gasteiger partial charge in [-0.2, -0.15) is 9.50 Å². The molecule has 35 heavy (non-hydrogen) atoms. The van der Waals surface area contributed by atoms with Crippen LogP contribution in [0.15, 0.2) is 88.8 Å². The number of rotatable bonds is 5. The molecule has 2 N–H and O–H groups in total. The Morgan fingerprint density at radius 1 is 0.886 bits per heavy atom. The standard InChI is InChI=1S/C26H21FN6OS/c1-16-17(2)28-25-31-23(18-8-4-3-5-9-18)32-33(25)24(16)35-22-11-7-6-10-21(22)30-26(34)29-20-14-12-19(27)13-15-20/h3-15H,1-2H3,(H2,29,30,34). The van der Waals surface area contributed by atoms with Gasteiger partial charge >= 0.3 is 6.03 Å². The third kappa shape index (κ3) is 4.85. The molecule has 0 aliphatic heterocycles. The first kappa shape index (κ1) is 22.5. The topological polar surface area (TPSA) is 84.2 Å². The first-order valence-corrected chi connectivity index (χ1v) is 11.7. The van der Waals surface area contributed by atoms with Crippen molar-refractivity contribution >= 4 is 34.9 Å². The number of nitrogens with zero attached hydrogens (tertiary/aromatic N) is 4. The summed E-state index contributed by atoms with van der Waals surface area (Å²) in [6.07, 6.45) is 0. The van der Waals surface area contributed by atoms with E-state index in [9.17, 15) is 9.18 Å². The van der Waals surface area contributed by atoms with E-state index >= 15 is 0 Å². The Labute approximate surface area is 205 Å². The van der Waals surface area contributed by atoms with Crippen LogP contribution in [0.5, 0.6) is 0 Å². The van der Waals surface area contributed by atoms with Gasteiger partial charge in [0.1, 0.15) is 10.8 Å². The maximum absolute atomic E-state index is 13.2. The fourth-order valence-corrected chi connectivity index (χ4v) is 4.56. The van der Waals surface area contributed by atoms with E-state index in [0.29, 0.717) is 23.0 Å². The average Bonchev–Trinajstić information content (AvgIpc) is 3.28. The molecule has 7 nitrogen and oxygen atoms in total. The highest BCUT2D eigenvalue weighted by atomic mass is 32.2. The minimum atomic E-state index is -0.426. The first-order valence-electron chi connectivity index (χ1n) is 10.9. The minimum Gasteiger partial charge on any atom is -0.308 e. The first-order chi connectivity index (χ1) is 17.0. The Morgan fingerprint density at radius 3 is 2.37 bits per heavy atom. The van der Waals surface area contributed by atoms with E-state index < -0.39 is 6.03 Å². The zero-order valence-corrected chi connectivity index (χ0v) is 19.8. The molecule has 0 fully saturated rings. The van der Waals surface area contributed by atoms with Gasteiger partial charge in [-0.15, -0.1) is 5.10 Å². The van der Waals surface area contributed by atoms with Crippen molar-refractivity contribution in [2.24, 2.45) is 0 Å². The van der Waals surface area contributed by atoms with Gasteiger partial charge in [-0.3, -0.25) is 0 Å². The van der Waals surface area contributed by atoms with Gasteiger partial charge in [-0.05, 0) is 50.2 Å². The fourth-order valence-electron chi connectivity index (χ4n) is 3.47. The highest BCUT2D eigenvalue weighted by molar-refractivity contribution is 7.99. The Kier molecular flexibility index (Phi) is 6.15. The number of halogens is 1. The van der Waals surface area contributed by atoms with Crippen molar-refractivity contribution in [2.75, 3.05) is 10.6 Å². The summed E-state index contributed by atoms with van der Waals surface area (Å²) in [6, 6.07) is 22.4. The number of amides is 2. The molecule has 3 aromatic carbocycles. The van der Waals surface area contributed by atoms with Crippen molar-refractivity contribution in [3.8, 4) is 11.4 Å². The van der Waals surface area contributed by atoms with E-state index in [4.69, 9.17) is 5.10 Å². The molecule has 0 bridgehead atoms. The molecule has 0 aliphatic carbocycles. The van der Waals surface area contributed by atoms with Crippen LogP contribution in [0.25, 0.3) is 17.2 Å². The highest BCUT2D eigenvalue weighted by Crippen LogP contribution is 2.36. The van der Waals surface area contributed by atoms with Crippen molar-refractivity contribution in [1.29, 1.82) is 0 Å². The molecule has 2 amide bonds. The van der Waals surface area contributed by atoms with E-state index in [0.717, 1.165) is 26.7 Å². The molecule has 5 rings (SSSR count). The van der Waals surface area contributed by atoms with Gasteiger partial charge in [-0.25, -0.2) is 14.2 Å². The van der Waals surface area contributed by atoms with Gasteiger partial charge in [0.2, 0.25) is 0 Å². The SMILES string of the molecule is Cc1nc2nc(-c3ccccc3)nn2c(Sc2ccccc2NC(=O)Nc2ccc(F)cc2)c1C. The van der Waals surface area contributed by atoms with Crippen molar-refractivity contribution in [3.63, 3.8) is 0 Å². The third-order valence-electron chi connectivity index (χ3n) is 5.39. The molecule has 2 heterocycles. The Balaban J connectivity index is 1.46. The molecule has 0 atom stereocenters. The Bertz CT molecular complexity index is 1520. The predicted octanol–water partition coefficient (Wildman–Crippen LogP) is 6.34. The van der Waals surface area contributed by atoms with Gasteiger partial charge in [0.05, 0.1) is 5.69 Å². The smallest absolute Gasteiger partial charge is 0.308 e. The van der Waals surface area contributed by atoms with E-state index in [-0.39, 0.29) is 5.82 Å². The van der Waals surface area contributed by atoms with Crippen LogP contribution in [0, 0.1) is 19.7 Å². The molecule has 2 aromatic heterocycles. The van der Waals surface area contributed by atoms with Crippen LogP contribution in [0.3, 0.4) is 0 Å². The van der Waals surface area contributed by atoms with Crippen molar-refractivity contribution in [2.45, 2.75) is 23.8 Å². The maximum atomic E-state index is 13.2. The summed E-state index contributed by atoms with van der Waals surface area (Å²) in [7, 11) is 0. The van der Waals surface area contributed by atoms with Gasteiger partial charge in [0.25, 0.3) is 5.78 Å². The Hall–Kier alpha value is -4.24. The number of carbonyl (C=O) groups is 1. The molecule has 9 heteroatoms. The second-order valence-electron chi connectivity index (χ2n) is 7.82. The van der Waals surface area contributed by atoms with Crippen molar-refractivity contribution in [1.82, 2.24) is 19.6 Å². The predicted molar refractivity (Wildman–Crippen MR) is 135 cm³/mol. The summed E-state index contributed by atoms with van der Waals surface area (Å²) >= 11 is 1.47. The molecule has 0 spiro atoms. The second kappa shape index (κ2) is 9.55. The Morgan fingerprint density at radius 2 is 1.60 bits per heavy atom. The molecular weight excluding hydrogens is 463 g/mol. The molecule has 0 radical (unpaired) electrons. The molecule has 0 unspecified atom stereocenters. The number of benzene rings is 3. The molecule has 0 aliphatic rings. The summed E-state index contributed by atoms with van der Waals surface area (Å²) in [5.41, 5.74) is 3.85. The van der Waals surface area contributed by atoms with Gasteiger partial charge in [0, 0.05) is 27.4 Å². The van der Waals surface area contributed by atoms with E-state index in [1.807, 2.05) is 68.4 Å². The number of carbonyl (C=O) groups excluding carboxylic acids is 1. The summed E-state index contributed by atoms with van der Waals surface area (Å²) in [5, 5.41) is 11.2. The van der Waals surface area contributed by atoms with Gasteiger partial charge in [-0.1, -0.05) is 54.2 Å². The van der Waals surface area contributed by atoms with E-state index in [2.05, 4.69) is 20.6 Å². The second-order valence-corrected chi connectivity index (χ2v) is 8.86. The number of nitrogens with one attached hydrogen (secondary N) is 2. The number of hydrogen-bond acceptors (Lipinski definition) is 5. The molecule has 5 aromatic rings. The van der Waals surface area contributed by atoms with Crippen LogP contribution < -0.4 is 10.6 Å². The number of hydrogen-bond donors (Lipinski definition) is 2. The number of anilines is 2. The summed E-state index contributed by atoms with van der Waals surface area (Å²) in [4.78, 5) is 22.7. The molecule has 174 valence electrons. The zero-order valence-electron chi connectivity index (χ0n) is 19.0. The number of aromatic nitrogens is 4. The summed E-state index contributed by atoms with van der Waals surface area (Å²) in [6.45, 7) is 3.93. The molecular formula is C26H21FN6OS. The molecule has 0 saturated heterocycles. The minimum absolute atomic E-state index is 0.365. The average molecular weight is 485 g/mol. The lowest BCUT2D eigenvalue weighted by molar-refractivity contribution is 0.262. The van der Waals surface area contributed by atoms with Crippen molar-refractivity contribution < 1.29 is 9.18 Å². The van der Waals surface area contributed by atoms with E-state index in [1.165, 1.54) is 36.0 Å². The van der Waals surface area contributed by atoms with Gasteiger partial charge in [0.15, 0.2) is 5.82 Å². The number of aryl methyl sites for hydroxylation is 1. The zero-order chi connectivity index (χ0) is 24.4. The quantitative estimate of drug-likeness (QED) is 0.284. The fraction of sp³-hybridized carbons (Fsp3) is 0.0769. The number of fused-ring (bicyclic) bond motifs is 1. The lowest BCUT2D eigenvalue weighted by Crippen LogP contribution is -2.19. The third-order valence-corrected chi connectivity index (χ3v) is 6.64. The largest absolute Gasteiger partial charge is 0.323 e. The normalized spacial score (nSPS) is 10.9. The lowest BCUT2D eigenvalue weighted by atomic mass is 10.2. The van der Waals surface area contributed by atoms with Crippen LogP contribution in [-0.4, -0.2) is 25.6 Å². The summed E-state index contributed by atoms with van der Waals surface area (Å²) < 4.78 is 14.9. The monoisotopic (exact) mass is 484 g/mol. The molecule has 0 saturated carbocycles. The van der Waals surface area contributed by atoms with E-state index in [1.54, 1.807) is 4.52 Å². The lowest BCUT2D eigenvalue weighted by Gasteiger charge is -2.14. The number of para-hydroxylation sites is 1. The van der Waals surface area contributed by atoms with Crippen molar-refractivity contribution in [3.05, 3.63) is 95.9 Å². The van der Waals surface area contributed by atoms with Crippen LogP contribution in [0.4, 0.5) is 20.6 Å². The maximum Gasteiger partial charge on any atom is 0.323 e. The van der Waals surface area contributed by atoms with Crippen LogP contribution in [0.1, 0.15) is 11.3 Å². The van der Waals surface area contributed by atoms with Crippen LogP contribution in [0.2, 0.25) is 0 Å².